The third-order valence-electron chi connectivity index (χ3n) is 5.55. The van der Waals surface area contributed by atoms with Crippen LogP contribution in [0.2, 0.25) is 0 Å². The lowest BCUT2D eigenvalue weighted by Crippen LogP contribution is -2.66. The zero-order valence-electron chi connectivity index (χ0n) is 13.0. The Hall–Kier alpha value is -2.40. The highest BCUT2D eigenvalue weighted by atomic mass is 16.7. The van der Waals surface area contributed by atoms with Crippen molar-refractivity contribution < 1.29 is 19.1 Å². The molecule has 122 valence electrons. The van der Waals surface area contributed by atoms with E-state index in [1.807, 2.05) is 12.1 Å². The van der Waals surface area contributed by atoms with Gasteiger partial charge in [0.1, 0.15) is 0 Å². The first-order chi connectivity index (χ1) is 11.6. The Morgan fingerprint density at radius 2 is 1.88 bits per heavy atom. The molecule has 1 spiro atoms. The molecule has 5 rings (SSSR count). The Bertz CT molecular complexity index is 863. The minimum Gasteiger partial charge on any atom is -0.447 e. The summed E-state index contributed by atoms with van der Waals surface area (Å²) < 4.78 is 11.0. The summed E-state index contributed by atoms with van der Waals surface area (Å²) in [7, 11) is 0. The van der Waals surface area contributed by atoms with Crippen molar-refractivity contribution in [3.63, 3.8) is 0 Å². The Morgan fingerprint density at radius 3 is 2.75 bits per heavy atom. The number of carbonyl (C=O) groups is 2. The van der Waals surface area contributed by atoms with Crippen LogP contribution in [0.15, 0.2) is 42.5 Å². The molecule has 3 aliphatic rings. The zero-order valence-corrected chi connectivity index (χ0v) is 13.0. The molecule has 2 bridgehead atoms. The summed E-state index contributed by atoms with van der Waals surface area (Å²) in [6.45, 7) is 0. The Kier molecular flexibility index (Phi) is 2.80. The molecule has 3 fully saturated rings. The number of fused-ring (bicyclic) bond motifs is 2. The Labute approximate surface area is 138 Å². The summed E-state index contributed by atoms with van der Waals surface area (Å²) in [6.07, 6.45) is 2.01. The maximum atomic E-state index is 11.8. The molecule has 3 saturated heterocycles. The van der Waals surface area contributed by atoms with Gasteiger partial charge in [0.2, 0.25) is 5.72 Å². The van der Waals surface area contributed by atoms with Crippen molar-refractivity contribution in [1.29, 1.82) is 0 Å². The van der Waals surface area contributed by atoms with Crippen LogP contribution in [0.1, 0.15) is 30.7 Å². The van der Waals surface area contributed by atoms with E-state index in [0.717, 1.165) is 23.8 Å². The van der Waals surface area contributed by atoms with Crippen molar-refractivity contribution in [2.45, 2.75) is 43.1 Å². The minimum absolute atomic E-state index is 0.0282. The Balaban J connectivity index is 1.59. The second-order valence-corrected chi connectivity index (χ2v) is 6.93. The quantitative estimate of drug-likeness (QED) is 0.644. The van der Waals surface area contributed by atoms with E-state index in [1.165, 1.54) is 5.39 Å². The summed E-state index contributed by atoms with van der Waals surface area (Å²) >= 11 is 0. The molecule has 0 aromatic heterocycles. The van der Waals surface area contributed by atoms with Crippen LogP contribution in [0.4, 0.5) is 0 Å². The van der Waals surface area contributed by atoms with Gasteiger partial charge in [-0.05, 0) is 29.2 Å². The molecular formula is C19H17NO4. The zero-order chi connectivity index (χ0) is 16.3. The maximum Gasteiger partial charge on any atom is 0.419 e. The number of piperidine rings is 1. The number of hydrogen-bond donors (Lipinski definition) is 1. The predicted molar refractivity (Wildman–Crippen MR) is 86.2 cm³/mol. The lowest BCUT2D eigenvalue weighted by Gasteiger charge is -2.46. The van der Waals surface area contributed by atoms with E-state index in [4.69, 9.17) is 9.47 Å². The fourth-order valence-electron chi connectivity index (χ4n) is 4.47. The van der Waals surface area contributed by atoms with Gasteiger partial charge in [-0.2, -0.15) is 0 Å². The number of benzene rings is 2. The third-order valence-corrected chi connectivity index (χ3v) is 5.55. The molecular weight excluding hydrogens is 306 g/mol. The molecule has 0 aliphatic carbocycles. The van der Waals surface area contributed by atoms with Crippen LogP contribution in [0.3, 0.4) is 0 Å². The molecule has 0 radical (unpaired) electrons. The van der Waals surface area contributed by atoms with Crippen LogP contribution in [0.25, 0.3) is 10.8 Å². The first-order valence-electron chi connectivity index (χ1n) is 8.35. The summed E-state index contributed by atoms with van der Waals surface area (Å²) in [5, 5.41) is 5.72. The van der Waals surface area contributed by atoms with Crippen LogP contribution in [0, 0.1) is 0 Å². The van der Waals surface area contributed by atoms with Crippen molar-refractivity contribution in [1.82, 2.24) is 5.32 Å². The smallest absolute Gasteiger partial charge is 0.419 e. The molecule has 0 amide bonds. The molecule has 4 unspecified atom stereocenters. The number of rotatable bonds is 1. The molecule has 5 heteroatoms. The van der Waals surface area contributed by atoms with Gasteiger partial charge in [-0.1, -0.05) is 42.5 Å². The standard InChI is InChI=1S/C19H17NO4/c21-17-18(22)24-19-8-7-14(20-19)10-15(16(19)23-17)13-6-5-11-3-1-2-4-12(11)9-13/h1-6,9,14-16,20H,7-8,10H2. The van der Waals surface area contributed by atoms with Crippen LogP contribution in [-0.2, 0) is 19.1 Å². The van der Waals surface area contributed by atoms with E-state index >= 15 is 0 Å². The van der Waals surface area contributed by atoms with E-state index < -0.39 is 23.8 Å². The lowest BCUT2D eigenvalue weighted by molar-refractivity contribution is -0.225. The van der Waals surface area contributed by atoms with Gasteiger partial charge in [-0.25, -0.2) is 9.59 Å². The Morgan fingerprint density at radius 1 is 1.04 bits per heavy atom. The van der Waals surface area contributed by atoms with E-state index in [1.54, 1.807) is 0 Å². The first kappa shape index (κ1) is 14.0. The lowest BCUT2D eigenvalue weighted by atomic mass is 9.81. The number of hydrogen-bond acceptors (Lipinski definition) is 5. The number of ether oxygens (including phenoxy) is 2. The van der Waals surface area contributed by atoms with E-state index in [9.17, 15) is 9.59 Å². The van der Waals surface area contributed by atoms with E-state index in [-0.39, 0.29) is 12.0 Å². The van der Waals surface area contributed by atoms with Crippen LogP contribution in [0.5, 0.6) is 0 Å². The highest BCUT2D eigenvalue weighted by molar-refractivity contribution is 6.30. The number of esters is 2. The average molecular weight is 323 g/mol. The largest absolute Gasteiger partial charge is 0.447 e. The van der Waals surface area contributed by atoms with Crippen molar-refractivity contribution in [2.24, 2.45) is 0 Å². The monoisotopic (exact) mass is 323 g/mol. The predicted octanol–water partition coefficient (Wildman–Crippen LogP) is 2.24. The normalized spacial score (nSPS) is 34.6. The van der Waals surface area contributed by atoms with Gasteiger partial charge in [0.25, 0.3) is 0 Å². The van der Waals surface area contributed by atoms with Crippen molar-refractivity contribution in [3.8, 4) is 0 Å². The van der Waals surface area contributed by atoms with E-state index in [0.29, 0.717) is 6.42 Å². The van der Waals surface area contributed by atoms with Crippen molar-refractivity contribution >= 4 is 22.7 Å². The van der Waals surface area contributed by atoms with Gasteiger partial charge >= 0.3 is 11.9 Å². The molecule has 2 aromatic carbocycles. The SMILES string of the molecule is O=C1OC2C(c3ccc4ccccc4c3)CC3CCC2(N3)OC1=O. The summed E-state index contributed by atoms with van der Waals surface area (Å²) in [5.41, 5.74) is 0.270. The second kappa shape index (κ2) is 4.80. The van der Waals surface area contributed by atoms with Gasteiger partial charge < -0.3 is 9.47 Å². The fourth-order valence-corrected chi connectivity index (χ4v) is 4.47. The van der Waals surface area contributed by atoms with Crippen LogP contribution >= 0.6 is 0 Å². The molecule has 5 nitrogen and oxygen atoms in total. The molecule has 3 heterocycles. The minimum atomic E-state index is -0.890. The van der Waals surface area contributed by atoms with Crippen LogP contribution in [-0.4, -0.2) is 29.8 Å². The summed E-state index contributed by atoms with van der Waals surface area (Å²) in [4.78, 5) is 23.5. The number of nitrogens with one attached hydrogen (secondary N) is 1. The van der Waals surface area contributed by atoms with Gasteiger partial charge in [-0.3, -0.25) is 5.32 Å². The fraction of sp³-hybridized carbons (Fsp3) is 0.368. The molecule has 24 heavy (non-hydrogen) atoms. The van der Waals surface area contributed by atoms with Gasteiger partial charge in [0, 0.05) is 18.4 Å². The maximum absolute atomic E-state index is 11.8. The number of carbonyl (C=O) groups excluding carboxylic acids is 2. The van der Waals surface area contributed by atoms with Crippen molar-refractivity contribution in [2.75, 3.05) is 0 Å². The molecule has 0 saturated carbocycles. The summed E-state index contributed by atoms with van der Waals surface area (Å²) in [5.74, 6) is -1.75. The highest BCUT2D eigenvalue weighted by Gasteiger charge is 2.61. The van der Waals surface area contributed by atoms with Gasteiger partial charge in [-0.15, -0.1) is 0 Å². The van der Waals surface area contributed by atoms with Crippen LogP contribution < -0.4 is 5.32 Å². The third kappa shape index (κ3) is 1.91. The molecule has 3 aliphatic heterocycles. The highest BCUT2D eigenvalue weighted by Crippen LogP contribution is 2.47. The van der Waals surface area contributed by atoms with Gasteiger partial charge in [0.05, 0.1) is 0 Å². The average Bonchev–Trinajstić information content (AvgIpc) is 2.93. The first-order valence-corrected chi connectivity index (χ1v) is 8.35. The van der Waals surface area contributed by atoms with Gasteiger partial charge in [0.15, 0.2) is 6.10 Å². The molecule has 1 N–H and O–H groups in total. The molecule has 2 aromatic rings. The van der Waals surface area contributed by atoms with Crippen molar-refractivity contribution in [3.05, 3.63) is 48.0 Å². The van der Waals surface area contributed by atoms with E-state index in [2.05, 4.69) is 35.6 Å². The molecule has 4 atom stereocenters. The topological polar surface area (TPSA) is 64.6 Å². The summed E-state index contributed by atoms with van der Waals surface area (Å²) in [6, 6.07) is 14.8. The second-order valence-electron chi connectivity index (χ2n) is 6.93.